The normalized spacial score (nSPS) is 13.7. The van der Waals surface area contributed by atoms with Gasteiger partial charge in [0.1, 0.15) is 17.4 Å². The molecule has 5 rings (SSSR count). The van der Waals surface area contributed by atoms with Gasteiger partial charge in [-0.1, -0.05) is 18.2 Å². The molecule has 4 aromatic rings. The Labute approximate surface area is 204 Å². The van der Waals surface area contributed by atoms with Crippen molar-refractivity contribution in [3.63, 3.8) is 0 Å². The Hall–Kier alpha value is -4.13. The molecule has 1 aliphatic heterocycles. The largest absolute Gasteiger partial charge is 0.497 e. The van der Waals surface area contributed by atoms with Gasteiger partial charge in [0.25, 0.3) is 5.91 Å². The summed E-state index contributed by atoms with van der Waals surface area (Å²) in [5.41, 5.74) is 2.62. The smallest absolute Gasteiger partial charge is 0.251 e. The molecule has 35 heavy (non-hydrogen) atoms. The predicted molar refractivity (Wildman–Crippen MR) is 137 cm³/mol. The minimum absolute atomic E-state index is 0.126. The van der Waals surface area contributed by atoms with Gasteiger partial charge in [0.05, 0.1) is 7.11 Å². The van der Waals surface area contributed by atoms with Crippen molar-refractivity contribution in [2.45, 2.75) is 6.54 Å². The van der Waals surface area contributed by atoms with E-state index < -0.39 is 0 Å². The quantitative estimate of drug-likeness (QED) is 0.445. The second kappa shape index (κ2) is 10.0. The molecule has 3 aromatic carbocycles. The number of carbonyl (C=O) groups excluding carboxylic acids is 1. The van der Waals surface area contributed by atoms with E-state index >= 15 is 0 Å². The highest BCUT2D eigenvalue weighted by Crippen LogP contribution is 2.27. The third-order valence-electron chi connectivity index (χ3n) is 6.39. The Morgan fingerprint density at radius 2 is 1.66 bits per heavy atom. The van der Waals surface area contributed by atoms with Crippen LogP contribution in [-0.2, 0) is 6.54 Å². The van der Waals surface area contributed by atoms with Gasteiger partial charge >= 0.3 is 0 Å². The van der Waals surface area contributed by atoms with E-state index in [1.165, 1.54) is 12.1 Å². The van der Waals surface area contributed by atoms with Crippen LogP contribution in [0.3, 0.4) is 0 Å². The van der Waals surface area contributed by atoms with Gasteiger partial charge in [-0.3, -0.25) is 4.79 Å². The summed E-state index contributed by atoms with van der Waals surface area (Å²) in [6.07, 6.45) is 1.81. The second-order valence-corrected chi connectivity index (χ2v) is 8.55. The topological polar surface area (TPSA) is 57.7 Å². The van der Waals surface area contributed by atoms with Crippen LogP contribution in [0.15, 0.2) is 79.0 Å². The number of anilines is 2. The Morgan fingerprint density at radius 3 is 2.37 bits per heavy atom. The number of piperazine rings is 1. The van der Waals surface area contributed by atoms with E-state index in [0.29, 0.717) is 12.1 Å². The summed E-state index contributed by atoms with van der Waals surface area (Å²) in [6.45, 7) is 3.64. The fourth-order valence-electron chi connectivity index (χ4n) is 4.40. The molecule has 1 fully saturated rings. The fourth-order valence-corrected chi connectivity index (χ4v) is 4.40. The van der Waals surface area contributed by atoms with Crippen molar-refractivity contribution < 1.29 is 13.9 Å². The fraction of sp³-hybridized carbons (Fsp3) is 0.214. The highest BCUT2D eigenvalue weighted by atomic mass is 19.1. The lowest BCUT2D eigenvalue weighted by molar-refractivity contribution is 0.0951. The monoisotopic (exact) mass is 470 g/mol. The van der Waals surface area contributed by atoms with Crippen molar-refractivity contribution in [2.75, 3.05) is 43.1 Å². The maximum absolute atomic E-state index is 13.3. The number of benzene rings is 3. The first kappa shape index (κ1) is 22.7. The first-order valence-corrected chi connectivity index (χ1v) is 11.7. The van der Waals surface area contributed by atoms with Gasteiger partial charge in [-0.2, -0.15) is 0 Å². The van der Waals surface area contributed by atoms with Crippen molar-refractivity contribution in [2.24, 2.45) is 0 Å². The number of halogens is 1. The first-order chi connectivity index (χ1) is 17.1. The maximum Gasteiger partial charge on any atom is 0.251 e. The van der Waals surface area contributed by atoms with Crippen LogP contribution < -0.4 is 19.9 Å². The molecule has 1 saturated heterocycles. The van der Waals surface area contributed by atoms with Gasteiger partial charge in [-0.05, 0) is 65.5 Å². The van der Waals surface area contributed by atoms with Crippen LogP contribution in [0.2, 0.25) is 0 Å². The summed E-state index contributed by atoms with van der Waals surface area (Å²) in [6, 6.07) is 22.0. The van der Waals surface area contributed by atoms with E-state index in [9.17, 15) is 9.18 Å². The van der Waals surface area contributed by atoms with Gasteiger partial charge in [0, 0.05) is 55.6 Å². The van der Waals surface area contributed by atoms with E-state index in [4.69, 9.17) is 4.74 Å². The number of hydrogen-bond donors (Lipinski definition) is 1. The molecule has 0 spiro atoms. The molecular weight excluding hydrogens is 443 g/mol. The van der Waals surface area contributed by atoms with E-state index in [1.807, 2.05) is 66.9 Å². The highest BCUT2D eigenvalue weighted by molar-refractivity contribution is 6.01. The molecular formula is C28H27FN4O2. The van der Waals surface area contributed by atoms with Crippen LogP contribution in [0.4, 0.5) is 15.9 Å². The number of pyridine rings is 1. The second-order valence-electron chi connectivity index (χ2n) is 8.55. The van der Waals surface area contributed by atoms with Crippen LogP contribution in [-0.4, -0.2) is 44.2 Å². The van der Waals surface area contributed by atoms with Crippen molar-refractivity contribution in [3.05, 3.63) is 95.9 Å². The molecule has 6 nitrogen and oxygen atoms in total. The van der Waals surface area contributed by atoms with E-state index in [2.05, 4.69) is 20.1 Å². The van der Waals surface area contributed by atoms with Crippen LogP contribution in [0, 0.1) is 5.82 Å². The number of fused-ring (bicyclic) bond motifs is 1. The molecule has 178 valence electrons. The SMILES string of the molecule is COc1ccc(CNC(=O)c2ccc3ccnc(N4CCN(c5ccc(F)cc5)CC4)c3c2)cc1. The summed E-state index contributed by atoms with van der Waals surface area (Å²) in [4.78, 5) is 22.1. The molecule has 0 atom stereocenters. The molecule has 0 radical (unpaired) electrons. The number of nitrogens with one attached hydrogen (secondary N) is 1. The van der Waals surface area contributed by atoms with Gasteiger partial charge in [0.15, 0.2) is 0 Å². The molecule has 1 aromatic heterocycles. The molecule has 1 amide bonds. The molecule has 2 heterocycles. The highest BCUT2D eigenvalue weighted by Gasteiger charge is 2.20. The lowest BCUT2D eigenvalue weighted by atomic mass is 10.1. The summed E-state index contributed by atoms with van der Waals surface area (Å²) >= 11 is 0. The number of ether oxygens (including phenoxy) is 1. The van der Waals surface area contributed by atoms with Crippen molar-refractivity contribution in [1.29, 1.82) is 0 Å². The number of nitrogens with zero attached hydrogens (tertiary/aromatic N) is 3. The van der Waals surface area contributed by atoms with Crippen molar-refractivity contribution in [1.82, 2.24) is 10.3 Å². The van der Waals surface area contributed by atoms with Crippen LogP contribution in [0.25, 0.3) is 10.8 Å². The third kappa shape index (κ3) is 5.04. The van der Waals surface area contributed by atoms with Crippen LogP contribution in [0.5, 0.6) is 5.75 Å². The predicted octanol–water partition coefficient (Wildman–Crippen LogP) is 4.64. The summed E-state index contributed by atoms with van der Waals surface area (Å²) < 4.78 is 18.5. The minimum Gasteiger partial charge on any atom is -0.497 e. The van der Waals surface area contributed by atoms with Gasteiger partial charge in [0.2, 0.25) is 0 Å². The summed E-state index contributed by atoms with van der Waals surface area (Å²) in [7, 11) is 1.63. The number of aromatic nitrogens is 1. The molecule has 1 aliphatic rings. The van der Waals surface area contributed by atoms with Gasteiger partial charge in [-0.25, -0.2) is 9.37 Å². The third-order valence-corrected chi connectivity index (χ3v) is 6.39. The minimum atomic E-state index is -0.226. The number of carbonyl (C=O) groups is 1. The maximum atomic E-state index is 13.3. The van der Waals surface area contributed by atoms with E-state index in [-0.39, 0.29) is 11.7 Å². The number of hydrogen-bond acceptors (Lipinski definition) is 5. The number of amides is 1. The Kier molecular flexibility index (Phi) is 6.48. The Bertz CT molecular complexity index is 1320. The standard InChI is InChI=1S/C28H27FN4O2/c1-35-25-10-2-20(3-11-25)19-31-28(34)22-5-4-21-12-13-30-27(26(21)18-22)33-16-14-32(15-17-33)24-8-6-23(29)7-9-24/h2-13,18H,14-17,19H2,1H3,(H,31,34). The van der Waals surface area contributed by atoms with Crippen LogP contribution >= 0.6 is 0 Å². The summed E-state index contributed by atoms with van der Waals surface area (Å²) in [5.74, 6) is 1.31. The average Bonchev–Trinajstić information content (AvgIpc) is 2.92. The zero-order valence-electron chi connectivity index (χ0n) is 19.6. The van der Waals surface area contributed by atoms with E-state index in [0.717, 1.165) is 59.8 Å². The summed E-state index contributed by atoms with van der Waals surface area (Å²) in [5, 5.41) is 5.00. The molecule has 7 heteroatoms. The van der Waals surface area contributed by atoms with Crippen molar-refractivity contribution >= 4 is 28.2 Å². The molecule has 0 aliphatic carbocycles. The molecule has 0 saturated carbocycles. The number of rotatable bonds is 6. The Balaban J connectivity index is 1.29. The molecule has 0 bridgehead atoms. The van der Waals surface area contributed by atoms with Gasteiger partial charge < -0.3 is 19.9 Å². The zero-order valence-corrected chi connectivity index (χ0v) is 19.6. The number of methoxy groups -OCH3 is 1. The molecule has 1 N–H and O–H groups in total. The van der Waals surface area contributed by atoms with Crippen molar-refractivity contribution in [3.8, 4) is 5.75 Å². The lowest BCUT2D eigenvalue weighted by Crippen LogP contribution is -2.46. The lowest BCUT2D eigenvalue weighted by Gasteiger charge is -2.37. The Morgan fingerprint density at radius 1 is 0.943 bits per heavy atom. The molecule has 0 unspecified atom stereocenters. The van der Waals surface area contributed by atoms with Gasteiger partial charge in [-0.15, -0.1) is 0 Å². The van der Waals surface area contributed by atoms with E-state index in [1.54, 1.807) is 7.11 Å². The first-order valence-electron chi connectivity index (χ1n) is 11.7. The zero-order chi connectivity index (χ0) is 24.2. The van der Waals surface area contributed by atoms with Crippen LogP contribution in [0.1, 0.15) is 15.9 Å². The average molecular weight is 471 g/mol.